The molecule has 2 aromatic rings. The first-order valence-corrected chi connectivity index (χ1v) is 6.86. The fraction of sp³-hybridized carbons (Fsp3) is 0.333. The molecule has 0 amide bonds. The summed E-state index contributed by atoms with van der Waals surface area (Å²) in [6.45, 7) is 7.19. The quantitative estimate of drug-likeness (QED) is 0.810. The van der Waals surface area contributed by atoms with Gasteiger partial charge in [0.1, 0.15) is 6.61 Å². The van der Waals surface area contributed by atoms with E-state index in [1.54, 1.807) is 7.11 Å². The van der Waals surface area contributed by atoms with Crippen LogP contribution in [-0.2, 0) is 12.0 Å². The van der Waals surface area contributed by atoms with Gasteiger partial charge >= 0.3 is 0 Å². The first-order chi connectivity index (χ1) is 9.50. The summed E-state index contributed by atoms with van der Waals surface area (Å²) in [6, 6.07) is 16.3. The van der Waals surface area contributed by atoms with Crippen LogP contribution in [0.25, 0.3) is 0 Å². The van der Waals surface area contributed by atoms with Gasteiger partial charge in [0, 0.05) is 0 Å². The Morgan fingerprint density at radius 2 is 1.45 bits per heavy atom. The predicted octanol–water partition coefficient (Wildman–Crippen LogP) is 4.57. The van der Waals surface area contributed by atoms with Crippen LogP contribution in [0.1, 0.15) is 31.9 Å². The number of methoxy groups -OCH3 is 1. The van der Waals surface area contributed by atoms with Crippen molar-refractivity contribution in [2.45, 2.75) is 32.8 Å². The summed E-state index contributed by atoms with van der Waals surface area (Å²) in [7, 11) is 1.65. The van der Waals surface area contributed by atoms with Crippen molar-refractivity contribution in [1.29, 1.82) is 0 Å². The Hall–Kier alpha value is -1.96. The lowest BCUT2D eigenvalue weighted by Crippen LogP contribution is -2.10. The smallest absolute Gasteiger partial charge is 0.161 e. The van der Waals surface area contributed by atoms with E-state index in [1.807, 2.05) is 24.3 Å². The molecule has 0 N–H and O–H groups in total. The standard InChI is InChI=1S/C18H22O2/c1-18(2,3)15-11-9-14(10-12-15)13-20-17-8-6-5-7-16(17)19-4/h5-12H,13H2,1-4H3. The van der Waals surface area contributed by atoms with E-state index in [4.69, 9.17) is 9.47 Å². The van der Waals surface area contributed by atoms with Gasteiger partial charge in [-0.2, -0.15) is 0 Å². The van der Waals surface area contributed by atoms with Crippen molar-refractivity contribution < 1.29 is 9.47 Å². The van der Waals surface area contributed by atoms with Gasteiger partial charge in [0.25, 0.3) is 0 Å². The Kier molecular flexibility index (Phi) is 4.33. The van der Waals surface area contributed by atoms with Crippen molar-refractivity contribution in [3.63, 3.8) is 0 Å². The van der Waals surface area contributed by atoms with Gasteiger partial charge in [-0.15, -0.1) is 0 Å². The Morgan fingerprint density at radius 3 is 2.00 bits per heavy atom. The highest BCUT2D eigenvalue weighted by atomic mass is 16.5. The van der Waals surface area contributed by atoms with Crippen molar-refractivity contribution in [2.75, 3.05) is 7.11 Å². The fourth-order valence-electron chi connectivity index (χ4n) is 2.00. The molecule has 0 radical (unpaired) electrons. The second-order valence-corrected chi connectivity index (χ2v) is 5.89. The second kappa shape index (κ2) is 6.00. The van der Waals surface area contributed by atoms with Crippen LogP contribution >= 0.6 is 0 Å². The minimum atomic E-state index is 0.183. The highest BCUT2D eigenvalue weighted by Gasteiger charge is 2.12. The third kappa shape index (κ3) is 3.53. The third-order valence-electron chi connectivity index (χ3n) is 3.28. The molecule has 2 nitrogen and oxygen atoms in total. The Morgan fingerprint density at radius 1 is 0.850 bits per heavy atom. The maximum absolute atomic E-state index is 5.81. The average molecular weight is 270 g/mol. The molecule has 20 heavy (non-hydrogen) atoms. The normalized spacial score (nSPS) is 11.2. The highest BCUT2D eigenvalue weighted by molar-refractivity contribution is 5.39. The fourth-order valence-corrected chi connectivity index (χ4v) is 2.00. The molecule has 2 aromatic carbocycles. The van der Waals surface area contributed by atoms with Crippen LogP contribution < -0.4 is 9.47 Å². The molecule has 0 heterocycles. The molecule has 0 aliphatic heterocycles. The zero-order valence-corrected chi connectivity index (χ0v) is 12.6. The Balaban J connectivity index is 2.04. The minimum Gasteiger partial charge on any atom is -0.493 e. The summed E-state index contributed by atoms with van der Waals surface area (Å²) >= 11 is 0. The first-order valence-electron chi connectivity index (χ1n) is 6.86. The van der Waals surface area contributed by atoms with E-state index in [2.05, 4.69) is 45.0 Å². The van der Waals surface area contributed by atoms with Gasteiger partial charge in [0.15, 0.2) is 11.5 Å². The zero-order chi connectivity index (χ0) is 14.6. The van der Waals surface area contributed by atoms with Gasteiger partial charge in [0.2, 0.25) is 0 Å². The second-order valence-electron chi connectivity index (χ2n) is 5.89. The molecular weight excluding hydrogens is 248 g/mol. The van der Waals surface area contributed by atoms with Crippen LogP contribution in [0, 0.1) is 0 Å². The summed E-state index contributed by atoms with van der Waals surface area (Å²) in [5.74, 6) is 1.54. The van der Waals surface area contributed by atoms with E-state index in [0.717, 1.165) is 17.1 Å². The van der Waals surface area contributed by atoms with E-state index < -0.39 is 0 Å². The zero-order valence-electron chi connectivity index (χ0n) is 12.6. The van der Waals surface area contributed by atoms with E-state index in [1.165, 1.54) is 5.56 Å². The number of rotatable bonds is 4. The van der Waals surface area contributed by atoms with Crippen molar-refractivity contribution in [1.82, 2.24) is 0 Å². The van der Waals surface area contributed by atoms with E-state index in [0.29, 0.717) is 6.61 Å². The maximum atomic E-state index is 5.81. The molecular formula is C18H22O2. The van der Waals surface area contributed by atoms with Gasteiger partial charge in [0.05, 0.1) is 7.11 Å². The van der Waals surface area contributed by atoms with Crippen LogP contribution in [0.4, 0.5) is 0 Å². The van der Waals surface area contributed by atoms with Gasteiger partial charge < -0.3 is 9.47 Å². The van der Waals surface area contributed by atoms with E-state index in [9.17, 15) is 0 Å². The summed E-state index contributed by atoms with van der Waals surface area (Å²) < 4.78 is 11.1. The van der Waals surface area contributed by atoms with Crippen molar-refractivity contribution >= 4 is 0 Å². The molecule has 0 aliphatic carbocycles. The monoisotopic (exact) mass is 270 g/mol. The summed E-state index contributed by atoms with van der Waals surface area (Å²) in [4.78, 5) is 0. The van der Waals surface area contributed by atoms with Gasteiger partial charge in [-0.1, -0.05) is 57.2 Å². The number of hydrogen-bond donors (Lipinski definition) is 0. The van der Waals surface area contributed by atoms with Crippen LogP contribution in [0.15, 0.2) is 48.5 Å². The SMILES string of the molecule is COc1ccccc1OCc1ccc(C(C)(C)C)cc1. The average Bonchev–Trinajstić information content (AvgIpc) is 2.45. The van der Waals surface area contributed by atoms with Crippen LogP contribution in [0.5, 0.6) is 11.5 Å². The number of benzene rings is 2. The molecule has 2 rings (SSSR count). The number of hydrogen-bond acceptors (Lipinski definition) is 2. The van der Waals surface area contributed by atoms with Crippen molar-refractivity contribution in [3.05, 3.63) is 59.7 Å². The lowest BCUT2D eigenvalue weighted by atomic mass is 9.87. The van der Waals surface area contributed by atoms with Gasteiger partial charge in [-0.05, 0) is 28.7 Å². The minimum absolute atomic E-state index is 0.183. The van der Waals surface area contributed by atoms with Crippen LogP contribution in [0.2, 0.25) is 0 Å². The maximum Gasteiger partial charge on any atom is 0.161 e. The largest absolute Gasteiger partial charge is 0.493 e. The van der Waals surface area contributed by atoms with Gasteiger partial charge in [-0.25, -0.2) is 0 Å². The molecule has 0 fully saturated rings. The molecule has 0 unspecified atom stereocenters. The molecule has 106 valence electrons. The topological polar surface area (TPSA) is 18.5 Å². The molecule has 0 atom stereocenters. The first kappa shape index (κ1) is 14.4. The van der Waals surface area contributed by atoms with Crippen LogP contribution in [-0.4, -0.2) is 7.11 Å². The molecule has 0 bridgehead atoms. The summed E-state index contributed by atoms with van der Waals surface area (Å²) in [6.07, 6.45) is 0. The molecule has 0 aromatic heterocycles. The summed E-state index contributed by atoms with van der Waals surface area (Å²) in [5.41, 5.74) is 2.67. The van der Waals surface area contributed by atoms with Gasteiger partial charge in [-0.3, -0.25) is 0 Å². The predicted molar refractivity (Wildman–Crippen MR) is 82.5 cm³/mol. The van der Waals surface area contributed by atoms with Crippen LogP contribution in [0.3, 0.4) is 0 Å². The Labute approximate surface area is 121 Å². The van der Waals surface area contributed by atoms with E-state index >= 15 is 0 Å². The number of ether oxygens (including phenoxy) is 2. The highest BCUT2D eigenvalue weighted by Crippen LogP contribution is 2.27. The molecule has 0 saturated carbocycles. The molecule has 0 aliphatic rings. The molecule has 2 heteroatoms. The number of para-hydroxylation sites is 2. The van der Waals surface area contributed by atoms with Crippen molar-refractivity contribution in [3.8, 4) is 11.5 Å². The lowest BCUT2D eigenvalue weighted by molar-refractivity contribution is 0.284. The third-order valence-corrected chi connectivity index (χ3v) is 3.28. The molecule has 0 saturated heterocycles. The van der Waals surface area contributed by atoms with Crippen molar-refractivity contribution in [2.24, 2.45) is 0 Å². The molecule has 0 spiro atoms. The van der Waals surface area contributed by atoms with E-state index in [-0.39, 0.29) is 5.41 Å². The summed E-state index contributed by atoms with van der Waals surface area (Å²) in [5, 5.41) is 0. The lowest BCUT2D eigenvalue weighted by Gasteiger charge is -2.19. The Bertz CT molecular complexity index is 550.